The summed E-state index contributed by atoms with van der Waals surface area (Å²) in [5, 5.41) is 0. The number of nitrogens with zero attached hydrogens (tertiary/aromatic N) is 2. The maximum Gasteiger partial charge on any atom is 0.410 e. The summed E-state index contributed by atoms with van der Waals surface area (Å²) in [6.45, 7) is 7.81. The average molecular weight is 327 g/mol. The standard InChI is InChI=1S/C16H29N3O4/c1-16(2,3)23-15(21)18-7-8-19(12(10-17)11-18)14(20)13-6-4-5-9-22-13/h12-13H,4-11,17H2,1-3H3. The van der Waals surface area contributed by atoms with Crippen LogP contribution in [-0.2, 0) is 14.3 Å². The van der Waals surface area contributed by atoms with E-state index in [-0.39, 0.29) is 24.1 Å². The molecule has 0 aromatic rings. The predicted molar refractivity (Wildman–Crippen MR) is 86.0 cm³/mol. The van der Waals surface area contributed by atoms with Crippen molar-refractivity contribution in [1.29, 1.82) is 0 Å². The van der Waals surface area contributed by atoms with Crippen molar-refractivity contribution in [2.24, 2.45) is 5.73 Å². The van der Waals surface area contributed by atoms with E-state index >= 15 is 0 Å². The third kappa shape index (κ3) is 4.81. The Kier molecular flexibility index (Phi) is 5.86. The van der Waals surface area contributed by atoms with Gasteiger partial charge in [-0.1, -0.05) is 0 Å². The summed E-state index contributed by atoms with van der Waals surface area (Å²) in [6.07, 6.45) is 2.09. The maximum atomic E-state index is 12.6. The second kappa shape index (κ2) is 7.49. The number of carbonyl (C=O) groups is 2. The van der Waals surface area contributed by atoms with Crippen LogP contribution < -0.4 is 5.73 Å². The van der Waals surface area contributed by atoms with Crippen molar-refractivity contribution in [3.8, 4) is 0 Å². The molecule has 2 fully saturated rings. The molecule has 2 N–H and O–H groups in total. The van der Waals surface area contributed by atoms with Crippen molar-refractivity contribution in [3.05, 3.63) is 0 Å². The first-order chi connectivity index (χ1) is 10.8. The molecule has 2 aliphatic heterocycles. The fourth-order valence-electron chi connectivity index (χ4n) is 2.96. The molecule has 23 heavy (non-hydrogen) atoms. The minimum absolute atomic E-state index is 0.00369. The Bertz CT molecular complexity index is 430. The number of rotatable bonds is 2. The Morgan fingerprint density at radius 2 is 2.00 bits per heavy atom. The monoisotopic (exact) mass is 327 g/mol. The van der Waals surface area contributed by atoms with E-state index in [4.69, 9.17) is 15.2 Å². The van der Waals surface area contributed by atoms with E-state index in [2.05, 4.69) is 0 Å². The van der Waals surface area contributed by atoms with Gasteiger partial charge in [-0.3, -0.25) is 4.79 Å². The first-order valence-electron chi connectivity index (χ1n) is 8.42. The molecule has 7 nitrogen and oxygen atoms in total. The third-order valence-corrected chi connectivity index (χ3v) is 4.14. The molecule has 2 heterocycles. The molecule has 132 valence electrons. The van der Waals surface area contributed by atoms with Crippen LogP contribution in [0.5, 0.6) is 0 Å². The van der Waals surface area contributed by atoms with Gasteiger partial charge in [-0.15, -0.1) is 0 Å². The lowest BCUT2D eigenvalue weighted by Crippen LogP contribution is -2.61. The highest BCUT2D eigenvalue weighted by Gasteiger charge is 2.36. The smallest absolute Gasteiger partial charge is 0.410 e. The summed E-state index contributed by atoms with van der Waals surface area (Å²) < 4.78 is 11.0. The van der Waals surface area contributed by atoms with Crippen molar-refractivity contribution in [2.75, 3.05) is 32.8 Å². The van der Waals surface area contributed by atoms with Crippen molar-refractivity contribution < 1.29 is 19.1 Å². The van der Waals surface area contributed by atoms with Crippen LogP contribution in [0.25, 0.3) is 0 Å². The van der Waals surface area contributed by atoms with E-state index in [1.807, 2.05) is 20.8 Å². The van der Waals surface area contributed by atoms with Crippen molar-refractivity contribution >= 4 is 12.0 Å². The summed E-state index contributed by atoms with van der Waals surface area (Å²) in [4.78, 5) is 28.2. The Balaban J connectivity index is 1.95. The van der Waals surface area contributed by atoms with E-state index in [1.54, 1.807) is 9.80 Å². The lowest BCUT2D eigenvalue weighted by Gasteiger charge is -2.42. The van der Waals surface area contributed by atoms with E-state index in [9.17, 15) is 9.59 Å². The molecule has 2 unspecified atom stereocenters. The van der Waals surface area contributed by atoms with Gasteiger partial charge < -0.3 is 25.0 Å². The number of carbonyl (C=O) groups excluding carboxylic acids is 2. The molecule has 2 amide bonds. The van der Waals surface area contributed by atoms with Gasteiger partial charge >= 0.3 is 6.09 Å². The summed E-state index contributed by atoms with van der Waals surface area (Å²) in [5.41, 5.74) is 5.31. The molecule has 0 aromatic heterocycles. The third-order valence-electron chi connectivity index (χ3n) is 4.14. The SMILES string of the molecule is CC(C)(C)OC(=O)N1CCN(C(=O)C2CCCCO2)C(CN)C1. The van der Waals surface area contributed by atoms with Crippen molar-refractivity contribution in [2.45, 2.75) is 57.8 Å². The second-order valence-corrected chi connectivity index (χ2v) is 7.20. The van der Waals surface area contributed by atoms with Gasteiger partial charge in [-0.05, 0) is 40.0 Å². The van der Waals surface area contributed by atoms with Gasteiger partial charge in [-0.25, -0.2) is 4.79 Å². The van der Waals surface area contributed by atoms with Crippen molar-refractivity contribution in [1.82, 2.24) is 9.80 Å². The largest absolute Gasteiger partial charge is 0.444 e. The highest BCUT2D eigenvalue weighted by molar-refractivity contribution is 5.82. The van der Waals surface area contributed by atoms with Gasteiger partial charge in [0, 0.05) is 32.8 Å². The van der Waals surface area contributed by atoms with Gasteiger partial charge in [0.1, 0.15) is 11.7 Å². The summed E-state index contributed by atoms with van der Waals surface area (Å²) in [7, 11) is 0. The molecule has 0 spiro atoms. The Morgan fingerprint density at radius 3 is 2.57 bits per heavy atom. The lowest BCUT2D eigenvalue weighted by molar-refractivity contribution is -0.151. The first kappa shape index (κ1) is 18.0. The highest BCUT2D eigenvalue weighted by Crippen LogP contribution is 2.19. The van der Waals surface area contributed by atoms with E-state index in [0.717, 1.165) is 19.3 Å². The molecular weight excluding hydrogens is 298 g/mol. The number of hydrogen-bond donors (Lipinski definition) is 1. The Hall–Kier alpha value is -1.34. The molecule has 0 saturated carbocycles. The van der Waals surface area contributed by atoms with Crippen LogP contribution in [0.15, 0.2) is 0 Å². The number of ether oxygens (including phenoxy) is 2. The van der Waals surface area contributed by atoms with E-state index in [1.165, 1.54) is 0 Å². The van der Waals surface area contributed by atoms with Crippen LogP contribution in [0.3, 0.4) is 0 Å². The minimum Gasteiger partial charge on any atom is -0.444 e. The number of piperazine rings is 1. The van der Waals surface area contributed by atoms with Crippen LogP contribution in [0.1, 0.15) is 40.0 Å². The van der Waals surface area contributed by atoms with Crippen LogP contribution in [0.2, 0.25) is 0 Å². The summed E-state index contributed by atoms with van der Waals surface area (Å²) in [6, 6.07) is -0.186. The van der Waals surface area contributed by atoms with Gasteiger partial charge in [0.25, 0.3) is 5.91 Å². The van der Waals surface area contributed by atoms with Gasteiger partial charge in [0.15, 0.2) is 0 Å². The molecule has 2 saturated heterocycles. The molecule has 0 aromatic carbocycles. The zero-order valence-corrected chi connectivity index (χ0v) is 14.4. The highest BCUT2D eigenvalue weighted by atomic mass is 16.6. The van der Waals surface area contributed by atoms with E-state index < -0.39 is 5.60 Å². The quantitative estimate of drug-likeness (QED) is 0.816. The fraction of sp³-hybridized carbons (Fsp3) is 0.875. The maximum absolute atomic E-state index is 12.6. The predicted octanol–water partition coefficient (Wildman–Crippen LogP) is 0.962. The average Bonchev–Trinajstić information content (AvgIpc) is 2.52. The van der Waals surface area contributed by atoms with E-state index in [0.29, 0.717) is 32.8 Å². The Morgan fingerprint density at radius 1 is 1.26 bits per heavy atom. The normalized spacial score (nSPS) is 26.1. The van der Waals surface area contributed by atoms with Gasteiger partial charge in [0.05, 0.1) is 6.04 Å². The number of amides is 2. The molecule has 2 aliphatic rings. The zero-order chi connectivity index (χ0) is 17.0. The van der Waals surface area contributed by atoms with Crippen molar-refractivity contribution in [3.63, 3.8) is 0 Å². The fourth-order valence-corrected chi connectivity index (χ4v) is 2.96. The van der Waals surface area contributed by atoms with Crippen LogP contribution in [-0.4, -0.2) is 72.3 Å². The van der Waals surface area contributed by atoms with Crippen LogP contribution in [0, 0.1) is 0 Å². The molecule has 2 rings (SSSR count). The lowest BCUT2D eigenvalue weighted by atomic mass is 10.1. The zero-order valence-electron chi connectivity index (χ0n) is 14.4. The van der Waals surface area contributed by atoms with Gasteiger partial charge in [0.2, 0.25) is 0 Å². The van der Waals surface area contributed by atoms with Gasteiger partial charge in [-0.2, -0.15) is 0 Å². The minimum atomic E-state index is -0.530. The molecule has 0 bridgehead atoms. The number of nitrogens with two attached hydrogens (primary N) is 1. The molecule has 2 atom stereocenters. The molecule has 7 heteroatoms. The topological polar surface area (TPSA) is 85.1 Å². The Labute approximate surface area is 138 Å². The summed E-state index contributed by atoms with van der Waals surface area (Å²) in [5.74, 6) is 0.00369. The first-order valence-corrected chi connectivity index (χ1v) is 8.42. The number of hydrogen-bond acceptors (Lipinski definition) is 5. The van der Waals surface area contributed by atoms with Crippen LogP contribution in [0.4, 0.5) is 4.79 Å². The summed E-state index contributed by atoms with van der Waals surface area (Å²) >= 11 is 0. The second-order valence-electron chi connectivity index (χ2n) is 7.20. The molecule has 0 aliphatic carbocycles. The molecule has 0 radical (unpaired) electrons. The molecular formula is C16H29N3O4. The van der Waals surface area contributed by atoms with Crippen LogP contribution >= 0.6 is 0 Å².